The van der Waals surface area contributed by atoms with Crippen molar-refractivity contribution in [2.24, 2.45) is 0 Å². The van der Waals surface area contributed by atoms with Crippen molar-refractivity contribution < 1.29 is 23.0 Å². The van der Waals surface area contributed by atoms with Crippen molar-refractivity contribution >= 4 is 11.4 Å². The molecule has 0 saturated heterocycles. The Bertz CT molecular complexity index is 677. The normalized spacial score (nSPS) is 10.8. The molecule has 0 aliphatic carbocycles. The Balaban J connectivity index is 2.24. The summed E-state index contributed by atoms with van der Waals surface area (Å²) in [5.41, 5.74) is -0.100. The Labute approximate surface area is 123 Å². The molecule has 0 aliphatic rings. The number of halogens is 2. The Morgan fingerprint density at radius 2 is 2.23 bits per heavy atom. The zero-order valence-electron chi connectivity index (χ0n) is 11.7. The predicted octanol–water partition coefficient (Wildman–Crippen LogP) is 2.52. The first-order valence-electron chi connectivity index (χ1n) is 6.10. The zero-order valence-corrected chi connectivity index (χ0v) is 11.7. The minimum atomic E-state index is -3.15. The Morgan fingerprint density at radius 1 is 1.50 bits per heavy atom. The number of aromatic nitrogens is 2. The van der Waals surface area contributed by atoms with Crippen LogP contribution in [0.1, 0.15) is 11.7 Å². The molecule has 0 bridgehead atoms. The summed E-state index contributed by atoms with van der Waals surface area (Å²) >= 11 is 0. The summed E-state index contributed by atoms with van der Waals surface area (Å²) in [4.78, 5) is 15.7. The fourth-order valence-electron chi connectivity index (χ4n) is 1.79. The summed E-state index contributed by atoms with van der Waals surface area (Å²) in [5, 5.41) is 14.5. The fraction of sp³-hybridized carbons (Fsp3) is 0.333. The topological polar surface area (TPSA) is 94.5 Å². The summed E-state index contributed by atoms with van der Waals surface area (Å²) in [5.74, 6) is 0.289. The van der Waals surface area contributed by atoms with Gasteiger partial charge >= 0.3 is 12.3 Å². The Kier molecular flexibility index (Phi) is 4.49. The van der Waals surface area contributed by atoms with Crippen LogP contribution in [-0.2, 0) is 6.54 Å². The van der Waals surface area contributed by atoms with Gasteiger partial charge in [0.05, 0.1) is 11.5 Å². The van der Waals surface area contributed by atoms with E-state index in [2.05, 4.69) is 14.9 Å². The van der Waals surface area contributed by atoms with Gasteiger partial charge in [-0.05, 0) is 6.07 Å². The molecule has 0 amide bonds. The third kappa shape index (κ3) is 3.65. The second-order valence-corrected chi connectivity index (χ2v) is 4.37. The van der Waals surface area contributed by atoms with E-state index in [1.165, 1.54) is 6.07 Å². The Hall–Kier alpha value is -2.78. The van der Waals surface area contributed by atoms with Crippen molar-refractivity contribution in [3.63, 3.8) is 0 Å². The van der Waals surface area contributed by atoms with E-state index in [9.17, 15) is 18.9 Å². The minimum absolute atomic E-state index is 0.239. The number of alkyl halides is 2. The molecule has 0 fully saturated rings. The number of anilines is 1. The second-order valence-electron chi connectivity index (χ2n) is 4.37. The van der Waals surface area contributed by atoms with Crippen LogP contribution in [0.15, 0.2) is 22.7 Å². The van der Waals surface area contributed by atoms with Gasteiger partial charge in [0, 0.05) is 31.8 Å². The van der Waals surface area contributed by atoms with Gasteiger partial charge in [-0.3, -0.25) is 10.1 Å². The number of benzene rings is 1. The lowest BCUT2D eigenvalue weighted by Crippen LogP contribution is -2.17. The van der Waals surface area contributed by atoms with E-state index in [-0.39, 0.29) is 6.54 Å². The molecule has 0 aliphatic heterocycles. The third-order valence-corrected chi connectivity index (χ3v) is 2.75. The second kappa shape index (κ2) is 6.33. The van der Waals surface area contributed by atoms with Gasteiger partial charge < -0.3 is 14.2 Å². The fourth-order valence-corrected chi connectivity index (χ4v) is 1.79. The van der Waals surface area contributed by atoms with Gasteiger partial charge in [-0.15, -0.1) is 0 Å². The maximum absolute atomic E-state index is 12.4. The van der Waals surface area contributed by atoms with Crippen molar-refractivity contribution in [3.05, 3.63) is 40.0 Å². The minimum Gasteiger partial charge on any atom is -0.427 e. The number of nitro benzene ring substituents is 1. The van der Waals surface area contributed by atoms with Crippen molar-refractivity contribution in [1.29, 1.82) is 0 Å². The zero-order chi connectivity index (χ0) is 16.3. The van der Waals surface area contributed by atoms with E-state index in [1.54, 1.807) is 18.9 Å². The molecule has 1 heterocycles. The summed E-state index contributed by atoms with van der Waals surface area (Å²) in [6, 6.07) is 3.69. The number of rotatable bonds is 6. The number of nitrogens with zero attached hydrogens (tertiary/aromatic N) is 4. The van der Waals surface area contributed by atoms with Gasteiger partial charge in [-0.25, -0.2) is 0 Å². The van der Waals surface area contributed by atoms with E-state index in [4.69, 9.17) is 4.52 Å². The molecule has 1 aromatic heterocycles. The van der Waals surface area contributed by atoms with Crippen LogP contribution >= 0.6 is 0 Å². The van der Waals surface area contributed by atoms with Crippen molar-refractivity contribution in [2.75, 3.05) is 11.9 Å². The molecule has 0 saturated carbocycles. The van der Waals surface area contributed by atoms with Crippen molar-refractivity contribution in [2.45, 2.75) is 20.1 Å². The van der Waals surface area contributed by atoms with Crippen molar-refractivity contribution in [1.82, 2.24) is 10.1 Å². The van der Waals surface area contributed by atoms with Gasteiger partial charge in [-0.1, -0.05) is 5.16 Å². The maximum atomic E-state index is 12.4. The smallest absolute Gasteiger partial charge is 0.387 e. The number of nitro groups is 1. The largest absolute Gasteiger partial charge is 0.427 e. The predicted molar refractivity (Wildman–Crippen MR) is 70.9 cm³/mol. The quantitative estimate of drug-likeness (QED) is 0.597. The monoisotopic (exact) mass is 314 g/mol. The van der Waals surface area contributed by atoms with E-state index < -0.39 is 23.0 Å². The lowest BCUT2D eigenvalue weighted by atomic mass is 10.2. The average molecular weight is 314 g/mol. The van der Waals surface area contributed by atoms with Gasteiger partial charge in [0.1, 0.15) is 0 Å². The van der Waals surface area contributed by atoms with E-state index >= 15 is 0 Å². The molecular weight excluding hydrogens is 302 g/mol. The maximum Gasteiger partial charge on any atom is 0.387 e. The highest BCUT2D eigenvalue weighted by atomic mass is 19.3. The molecule has 0 spiro atoms. The third-order valence-electron chi connectivity index (χ3n) is 2.75. The Morgan fingerprint density at radius 3 is 2.77 bits per heavy atom. The van der Waals surface area contributed by atoms with Crippen LogP contribution < -0.4 is 9.64 Å². The molecule has 0 atom stereocenters. The molecule has 8 nitrogen and oxygen atoms in total. The highest BCUT2D eigenvalue weighted by Crippen LogP contribution is 2.32. The van der Waals surface area contributed by atoms with Gasteiger partial charge in [0.2, 0.25) is 11.6 Å². The van der Waals surface area contributed by atoms with Gasteiger partial charge in [0.25, 0.3) is 0 Å². The number of hydrogen-bond donors (Lipinski definition) is 0. The van der Waals surface area contributed by atoms with E-state index in [1.807, 2.05) is 0 Å². The summed E-state index contributed by atoms with van der Waals surface area (Å²) in [6.07, 6.45) is 0. The number of aryl methyl sites for hydroxylation is 1. The van der Waals surface area contributed by atoms with Gasteiger partial charge in [-0.2, -0.15) is 13.8 Å². The summed E-state index contributed by atoms with van der Waals surface area (Å²) in [6.45, 7) is -1.28. The van der Waals surface area contributed by atoms with Crippen LogP contribution in [0.5, 0.6) is 5.75 Å². The van der Waals surface area contributed by atoms with E-state index in [0.717, 1.165) is 12.1 Å². The molecule has 1 aromatic carbocycles. The number of hydrogen-bond acceptors (Lipinski definition) is 7. The molecule has 2 aromatic rings. The van der Waals surface area contributed by atoms with Gasteiger partial charge in [0.15, 0.2) is 5.82 Å². The molecule has 0 radical (unpaired) electrons. The molecule has 0 N–H and O–H groups in total. The molecule has 22 heavy (non-hydrogen) atoms. The summed E-state index contributed by atoms with van der Waals surface area (Å²) in [7, 11) is 1.65. The van der Waals surface area contributed by atoms with Crippen LogP contribution in [0, 0.1) is 17.0 Å². The first kappa shape index (κ1) is 15.6. The van der Waals surface area contributed by atoms with Crippen LogP contribution in [0.2, 0.25) is 0 Å². The SMILES string of the molecule is Cc1nc(CN(C)c2ccc([N+](=O)[O-])c(OC(F)F)c2)no1. The molecule has 0 unspecified atom stereocenters. The first-order valence-corrected chi connectivity index (χ1v) is 6.10. The summed E-state index contributed by atoms with van der Waals surface area (Å²) < 4.78 is 33.7. The molecular formula is C12H12F2N4O4. The highest BCUT2D eigenvalue weighted by molar-refractivity contribution is 5.59. The lowest BCUT2D eigenvalue weighted by molar-refractivity contribution is -0.386. The van der Waals surface area contributed by atoms with Crippen molar-refractivity contribution in [3.8, 4) is 5.75 Å². The average Bonchev–Trinajstić information content (AvgIpc) is 2.83. The standard InChI is InChI=1S/C12H12F2N4O4/c1-7-15-11(16-22-7)6-17(2)8-3-4-9(18(19)20)10(5-8)21-12(13)14/h3-5,12H,6H2,1-2H3. The molecule has 10 heteroatoms. The van der Waals surface area contributed by atoms with E-state index in [0.29, 0.717) is 17.4 Å². The first-order chi connectivity index (χ1) is 10.4. The van der Waals surface area contributed by atoms with Crippen LogP contribution in [0.4, 0.5) is 20.2 Å². The van der Waals surface area contributed by atoms with Crippen LogP contribution in [0.3, 0.4) is 0 Å². The van der Waals surface area contributed by atoms with Crippen LogP contribution in [0.25, 0.3) is 0 Å². The molecule has 2 rings (SSSR count). The number of ether oxygens (including phenoxy) is 1. The lowest BCUT2D eigenvalue weighted by Gasteiger charge is -2.18. The van der Waals surface area contributed by atoms with Crippen LogP contribution in [-0.4, -0.2) is 28.7 Å². The highest BCUT2D eigenvalue weighted by Gasteiger charge is 2.20. The molecule has 118 valence electrons.